The molecule has 0 fully saturated rings. The van der Waals surface area contributed by atoms with Crippen LogP contribution in [0.5, 0.6) is 11.8 Å². The lowest BCUT2D eigenvalue weighted by atomic mass is 10.2. The minimum Gasteiger partial charge on any atom is -0.419 e. The zero-order chi connectivity index (χ0) is 15.8. The summed E-state index contributed by atoms with van der Waals surface area (Å²) in [7, 11) is 0. The van der Waals surface area contributed by atoms with Crippen LogP contribution in [0.15, 0.2) is 58.0 Å². The van der Waals surface area contributed by atoms with E-state index in [-0.39, 0.29) is 0 Å². The van der Waals surface area contributed by atoms with Crippen LogP contribution in [0.1, 0.15) is 0 Å². The highest BCUT2D eigenvalue weighted by molar-refractivity contribution is 9.10. The lowest BCUT2D eigenvalue weighted by molar-refractivity contribution is 0.454. The summed E-state index contributed by atoms with van der Waals surface area (Å²) in [6.45, 7) is 0. The van der Waals surface area contributed by atoms with Gasteiger partial charge >= 0.3 is 0 Å². The molecule has 7 heteroatoms. The van der Waals surface area contributed by atoms with Gasteiger partial charge in [0.15, 0.2) is 0 Å². The van der Waals surface area contributed by atoms with Gasteiger partial charge in [-0.15, -0.1) is 0 Å². The number of hydrogen-bond donors (Lipinski definition) is 0. The Morgan fingerprint density at radius 2 is 1.13 bits per heavy atom. The summed E-state index contributed by atoms with van der Waals surface area (Å²) in [5.41, 5.74) is 1.59. The van der Waals surface area contributed by atoms with Gasteiger partial charge in [-0.1, -0.05) is 31.9 Å². The van der Waals surface area contributed by atoms with Gasteiger partial charge < -0.3 is 4.74 Å². The topological polar surface area (TPSA) is 60.8 Å². The van der Waals surface area contributed by atoms with E-state index in [9.17, 15) is 0 Å². The van der Waals surface area contributed by atoms with Gasteiger partial charge in [0.1, 0.15) is 12.7 Å². The maximum absolute atomic E-state index is 5.95. The van der Waals surface area contributed by atoms with Crippen molar-refractivity contribution in [2.24, 2.45) is 0 Å². The van der Waals surface area contributed by atoms with Gasteiger partial charge in [0.05, 0.1) is 21.8 Å². The van der Waals surface area contributed by atoms with Gasteiger partial charge in [0.2, 0.25) is 11.8 Å². The normalized spacial score (nSPS) is 11.0. The van der Waals surface area contributed by atoms with E-state index in [0.29, 0.717) is 11.8 Å². The smallest absolute Gasteiger partial charge is 0.232 e. The Labute approximate surface area is 148 Å². The van der Waals surface area contributed by atoms with Gasteiger partial charge in [0, 0.05) is 8.95 Å². The molecule has 0 spiro atoms. The highest BCUT2D eigenvalue weighted by Crippen LogP contribution is 2.31. The van der Waals surface area contributed by atoms with Crippen molar-refractivity contribution in [1.82, 2.24) is 19.9 Å². The van der Waals surface area contributed by atoms with Crippen LogP contribution in [0.4, 0.5) is 0 Å². The first-order valence-corrected chi connectivity index (χ1v) is 8.28. The Morgan fingerprint density at radius 1 is 0.652 bits per heavy atom. The molecule has 0 bridgehead atoms. The van der Waals surface area contributed by atoms with Crippen LogP contribution in [-0.4, -0.2) is 19.9 Å². The first-order valence-electron chi connectivity index (χ1n) is 6.69. The number of ether oxygens (including phenoxy) is 1. The minimum absolute atomic E-state index is 0.463. The summed E-state index contributed by atoms with van der Waals surface area (Å²) in [6.07, 6.45) is 2.95. The van der Waals surface area contributed by atoms with Gasteiger partial charge in [-0.05, 0) is 36.4 Å². The van der Waals surface area contributed by atoms with Crippen LogP contribution in [0, 0.1) is 0 Å². The molecule has 0 saturated heterocycles. The number of aromatic nitrogens is 4. The summed E-state index contributed by atoms with van der Waals surface area (Å²) >= 11 is 6.87. The first kappa shape index (κ1) is 14.5. The molecular formula is C16H8Br2N4O. The van der Waals surface area contributed by atoms with Crippen LogP contribution >= 0.6 is 31.9 Å². The molecule has 0 saturated carbocycles. The van der Waals surface area contributed by atoms with Crippen molar-refractivity contribution in [3.63, 3.8) is 0 Å². The highest BCUT2D eigenvalue weighted by Gasteiger charge is 2.11. The Hall–Kier alpha value is -2.12. The van der Waals surface area contributed by atoms with E-state index in [4.69, 9.17) is 4.74 Å². The number of benzene rings is 2. The molecule has 4 aromatic rings. The Balaban J connectivity index is 1.85. The van der Waals surface area contributed by atoms with Gasteiger partial charge in [0.25, 0.3) is 0 Å². The lowest BCUT2D eigenvalue weighted by Crippen LogP contribution is -1.95. The molecule has 0 aliphatic rings. The fourth-order valence-electron chi connectivity index (χ4n) is 2.27. The zero-order valence-electron chi connectivity index (χ0n) is 11.6. The zero-order valence-corrected chi connectivity index (χ0v) is 14.7. The maximum Gasteiger partial charge on any atom is 0.232 e. The van der Waals surface area contributed by atoms with Crippen LogP contribution in [0.25, 0.3) is 21.8 Å². The number of hydrogen-bond acceptors (Lipinski definition) is 5. The molecule has 23 heavy (non-hydrogen) atoms. The molecule has 112 valence electrons. The van der Waals surface area contributed by atoms with Crippen molar-refractivity contribution in [3.8, 4) is 11.8 Å². The van der Waals surface area contributed by atoms with E-state index in [1.807, 2.05) is 36.4 Å². The van der Waals surface area contributed by atoms with Gasteiger partial charge in [-0.3, -0.25) is 0 Å². The maximum atomic E-state index is 5.95. The second-order valence-electron chi connectivity index (χ2n) is 4.78. The predicted octanol–water partition coefficient (Wildman–Crippen LogP) is 4.89. The van der Waals surface area contributed by atoms with E-state index in [0.717, 1.165) is 30.8 Å². The molecule has 0 N–H and O–H groups in total. The van der Waals surface area contributed by atoms with Crippen LogP contribution in [0.2, 0.25) is 0 Å². The third-order valence-electron chi connectivity index (χ3n) is 3.32. The predicted molar refractivity (Wildman–Crippen MR) is 94.5 cm³/mol. The fraction of sp³-hybridized carbons (Fsp3) is 0. The van der Waals surface area contributed by atoms with Crippen LogP contribution in [0.3, 0.4) is 0 Å². The summed E-state index contributed by atoms with van der Waals surface area (Å²) in [5.74, 6) is 0.927. The van der Waals surface area contributed by atoms with E-state index in [1.165, 1.54) is 12.7 Å². The quantitative estimate of drug-likeness (QED) is 0.452. The number of fused-ring (bicyclic) bond motifs is 2. The van der Waals surface area contributed by atoms with Gasteiger partial charge in [-0.2, -0.15) is 0 Å². The number of rotatable bonds is 2. The van der Waals surface area contributed by atoms with Crippen molar-refractivity contribution in [2.75, 3.05) is 0 Å². The molecule has 0 aliphatic carbocycles. The summed E-state index contributed by atoms with van der Waals surface area (Å²) in [4.78, 5) is 17.0. The largest absolute Gasteiger partial charge is 0.419 e. The molecule has 0 atom stereocenters. The average Bonchev–Trinajstić information content (AvgIpc) is 2.54. The molecule has 5 nitrogen and oxygen atoms in total. The first-order chi connectivity index (χ1) is 11.2. The molecule has 2 aromatic heterocycles. The fourth-order valence-corrected chi connectivity index (χ4v) is 2.96. The van der Waals surface area contributed by atoms with E-state index in [2.05, 4.69) is 51.8 Å². The Morgan fingerprint density at radius 3 is 1.61 bits per heavy atom. The van der Waals surface area contributed by atoms with Crippen molar-refractivity contribution in [1.29, 1.82) is 0 Å². The standard InChI is InChI=1S/C16H8Br2N4O/c17-9-1-3-11-13(5-9)19-7-21-15(11)23-16-12-4-2-10(18)6-14(12)20-8-22-16/h1-8H. The van der Waals surface area contributed by atoms with E-state index >= 15 is 0 Å². The van der Waals surface area contributed by atoms with Crippen molar-refractivity contribution >= 4 is 53.7 Å². The summed E-state index contributed by atoms with van der Waals surface area (Å²) in [5, 5.41) is 1.64. The van der Waals surface area contributed by atoms with Crippen LogP contribution < -0.4 is 4.74 Å². The number of nitrogens with zero attached hydrogens (tertiary/aromatic N) is 4. The SMILES string of the molecule is Brc1ccc2c(Oc3ncnc4cc(Br)ccc34)ncnc2c1. The second kappa shape index (κ2) is 5.82. The summed E-state index contributed by atoms with van der Waals surface area (Å²) < 4.78 is 7.85. The second-order valence-corrected chi connectivity index (χ2v) is 6.61. The average molecular weight is 432 g/mol. The molecule has 2 aromatic carbocycles. The molecule has 0 radical (unpaired) electrons. The lowest BCUT2D eigenvalue weighted by Gasteiger charge is -2.08. The Bertz CT molecular complexity index is 956. The Kier molecular flexibility index (Phi) is 3.66. The van der Waals surface area contributed by atoms with Crippen molar-refractivity contribution < 1.29 is 4.74 Å². The van der Waals surface area contributed by atoms with Crippen molar-refractivity contribution in [3.05, 3.63) is 58.0 Å². The monoisotopic (exact) mass is 430 g/mol. The number of halogens is 2. The summed E-state index contributed by atoms with van der Waals surface area (Å²) in [6, 6.07) is 11.5. The van der Waals surface area contributed by atoms with Gasteiger partial charge in [-0.25, -0.2) is 19.9 Å². The van der Waals surface area contributed by atoms with Crippen molar-refractivity contribution in [2.45, 2.75) is 0 Å². The molecular weight excluding hydrogens is 424 g/mol. The van der Waals surface area contributed by atoms with E-state index in [1.54, 1.807) is 0 Å². The molecule has 2 heterocycles. The van der Waals surface area contributed by atoms with E-state index < -0.39 is 0 Å². The molecule has 0 aliphatic heterocycles. The highest BCUT2D eigenvalue weighted by atomic mass is 79.9. The van der Waals surface area contributed by atoms with Crippen LogP contribution in [-0.2, 0) is 0 Å². The third kappa shape index (κ3) is 2.77. The molecule has 4 rings (SSSR count). The minimum atomic E-state index is 0.463. The third-order valence-corrected chi connectivity index (χ3v) is 4.30. The molecule has 0 unspecified atom stereocenters. The molecule has 0 amide bonds.